The van der Waals surface area contributed by atoms with E-state index in [1.807, 2.05) is 0 Å². The van der Waals surface area contributed by atoms with Gasteiger partial charge in [0.05, 0.1) is 28.3 Å². The first-order valence-electron chi connectivity index (χ1n) is 8.48. The summed E-state index contributed by atoms with van der Waals surface area (Å²) in [5, 5.41) is 7.31. The first kappa shape index (κ1) is 21.0. The van der Waals surface area contributed by atoms with Crippen molar-refractivity contribution < 1.29 is 35.7 Å². The van der Waals surface area contributed by atoms with E-state index in [0.717, 1.165) is 22.5 Å². The quantitative estimate of drug-likeness (QED) is 0.533. The van der Waals surface area contributed by atoms with E-state index in [2.05, 4.69) is 14.8 Å². The standard InChI is InChI=1S/C17H16F3N3O5S/c18-17(19,20)12-2-1-3-15(10-12)29(25,26)23-7-4-13(5-8-23)22-28-16(24)11-14-6-9-27-21-14/h1-3,6,9-10H,4-5,7-8,11H2. The van der Waals surface area contributed by atoms with Gasteiger partial charge in [-0.3, -0.25) is 0 Å². The van der Waals surface area contributed by atoms with Gasteiger partial charge >= 0.3 is 12.1 Å². The number of oxime groups is 1. The predicted octanol–water partition coefficient (Wildman–Crippen LogP) is 2.62. The minimum absolute atomic E-state index is 0.0122. The molecule has 12 heteroatoms. The van der Waals surface area contributed by atoms with Gasteiger partial charge in [0.15, 0.2) is 0 Å². The van der Waals surface area contributed by atoms with E-state index in [0.29, 0.717) is 17.5 Å². The summed E-state index contributed by atoms with van der Waals surface area (Å²) in [7, 11) is -4.08. The highest BCUT2D eigenvalue weighted by Crippen LogP contribution is 2.31. The number of piperidine rings is 1. The lowest BCUT2D eigenvalue weighted by Gasteiger charge is -2.26. The molecule has 0 amide bonds. The zero-order valence-corrected chi connectivity index (χ0v) is 15.7. The summed E-state index contributed by atoms with van der Waals surface area (Å²) in [6, 6.07) is 5.12. The number of alkyl halides is 3. The van der Waals surface area contributed by atoms with Crippen molar-refractivity contribution in [3.8, 4) is 0 Å². The normalized spacial score (nSPS) is 15.9. The van der Waals surface area contributed by atoms with Crippen LogP contribution in [0, 0.1) is 0 Å². The average molecular weight is 431 g/mol. The molecule has 156 valence electrons. The van der Waals surface area contributed by atoms with Crippen LogP contribution in [0.25, 0.3) is 0 Å². The molecule has 1 aliphatic heterocycles. The van der Waals surface area contributed by atoms with E-state index in [1.54, 1.807) is 0 Å². The molecule has 0 spiro atoms. The first-order chi connectivity index (χ1) is 13.7. The highest BCUT2D eigenvalue weighted by Gasteiger charge is 2.33. The lowest BCUT2D eigenvalue weighted by Crippen LogP contribution is -2.38. The largest absolute Gasteiger partial charge is 0.416 e. The Morgan fingerprint density at radius 2 is 1.97 bits per heavy atom. The Morgan fingerprint density at radius 3 is 2.59 bits per heavy atom. The number of rotatable bonds is 5. The third-order valence-electron chi connectivity index (χ3n) is 4.19. The number of carbonyl (C=O) groups is 1. The topological polar surface area (TPSA) is 102 Å². The van der Waals surface area contributed by atoms with E-state index in [1.165, 1.54) is 12.3 Å². The molecule has 2 heterocycles. The third-order valence-corrected chi connectivity index (χ3v) is 6.09. The van der Waals surface area contributed by atoms with Crippen molar-refractivity contribution in [3.05, 3.63) is 47.9 Å². The molecule has 1 aromatic heterocycles. The zero-order valence-electron chi connectivity index (χ0n) is 14.9. The summed E-state index contributed by atoms with van der Waals surface area (Å²) in [6.07, 6.45) is -3.06. The van der Waals surface area contributed by atoms with Gasteiger partial charge in [-0.25, -0.2) is 13.2 Å². The smallest absolute Gasteiger partial charge is 0.364 e. The number of aromatic nitrogens is 1. The van der Waals surface area contributed by atoms with Gasteiger partial charge in [-0.15, -0.1) is 0 Å². The summed E-state index contributed by atoms with van der Waals surface area (Å²) in [4.78, 5) is 16.0. The maximum atomic E-state index is 12.8. The maximum Gasteiger partial charge on any atom is 0.416 e. The minimum atomic E-state index is -4.64. The van der Waals surface area contributed by atoms with Crippen molar-refractivity contribution in [1.82, 2.24) is 9.46 Å². The molecule has 1 fully saturated rings. The van der Waals surface area contributed by atoms with Gasteiger partial charge in [0.25, 0.3) is 0 Å². The average Bonchev–Trinajstić information content (AvgIpc) is 3.19. The summed E-state index contributed by atoms with van der Waals surface area (Å²) in [6.45, 7) is 0.0243. The van der Waals surface area contributed by atoms with Crippen molar-refractivity contribution in [1.29, 1.82) is 0 Å². The molecular formula is C17H16F3N3O5S. The number of halogens is 3. The van der Waals surface area contributed by atoms with Crippen molar-refractivity contribution in [3.63, 3.8) is 0 Å². The molecule has 29 heavy (non-hydrogen) atoms. The third kappa shape index (κ3) is 5.21. The monoisotopic (exact) mass is 431 g/mol. The van der Waals surface area contributed by atoms with Gasteiger partial charge in [0, 0.05) is 32.0 Å². The van der Waals surface area contributed by atoms with E-state index < -0.39 is 32.6 Å². The molecule has 1 aromatic carbocycles. The first-order valence-corrected chi connectivity index (χ1v) is 9.92. The number of carbonyl (C=O) groups excluding carboxylic acids is 1. The Morgan fingerprint density at radius 1 is 1.24 bits per heavy atom. The van der Waals surface area contributed by atoms with Crippen LogP contribution in [0.1, 0.15) is 24.1 Å². The molecule has 0 saturated carbocycles. The van der Waals surface area contributed by atoms with Gasteiger partial charge in [0.1, 0.15) is 6.26 Å². The van der Waals surface area contributed by atoms with Crippen LogP contribution in [-0.2, 0) is 32.3 Å². The summed E-state index contributed by atoms with van der Waals surface area (Å²) < 4.78 is 69.5. The molecule has 0 unspecified atom stereocenters. The second-order valence-corrected chi connectivity index (χ2v) is 8.16. The molecule has 0 atom stereocenters. The number of nitrogens with zero attached hydrogens (tertiary/aromatic N) is 3. The second-order valence-electron chi connectivity index (χ2n) is 6.22. The molecule has 3 rings (SSSR count). The lowest BCUT2D eigenvalue weighted by molar-refractivity contribution is -0.143. The van der Waals surface area contributed by atoms with Gasteiger partial charge in [-0.2, -0.15) is 17.5 Å². The second kappa shape index (κ2) is 8.33. The lowest BCUT2D eigenvalue weighted by atomic mass is 10.1. The number of sulfonamides is 1. The van der Waals surface area contributed by atoms with Crippen LogP contribution in [0.3, 0.4) is 0 Å². The van der Waals surface area contributed by atoms with Gasteiger partial charge in [0.2, 0.25) is 10.0 Å². The highest BCUT2D eigenvalue weighted by molar-refractivity contribution is 7.89. The van der Waals surface area contributed by atoms with E-state index in [4.69, 9.17) is 4.84 Å². The van der Waals surface area contributed by atoms with Crippen molar-refractivity contribution >= 4 is 21.7 Å². The predicted molar refractivity (Wildman–Crippen MR) is 93.2 cm³/mol. The summed E-state index contributed by atoms with van der Waals surface area (Å²) >= 11 is 0. The fourth-order valence-electron chi connectivity index (χ4n) is 2.68. The molecule has 0 N–H and O–H groups in total. The molecule has 0 radical (unpaired) electrons. The maximum absolute atomic E-state index is 12.8. The molecular weight excluding hydrogens is 415 g/mol. The molecule has 2 aromatic rings. The van der Waals surface area contributed by atoms with Crippen molar-refractivity contribution in [2.75, 3.05) is 13.1 Å². The Balaban J connectivity index is 1.60. The van der Waals surface area contributed by atoms with Crippen LogP contribution < -0.4 is 0 Å². The summed E-state index contributed by atoms with van der Waals surface area (Å²) in [5.74, 6) is -0.648. The van der Waals surface area contributed by atoms with Crippen molar-refractivity contribution in [2.45, 2.75) is 30.3 Å². The van der Waals surface area contributed by atoms with Gasteiger partial charge < -0.3 is 9.36 Å². The van der Waals surface area contributed by atoms with Gasteiger partial charge in [-0.1, -0.05) is 16.4 Å². The van der Waals surface area contributed by atoms with Crippen LogP contribution >= 0.6 is 0 Å². The Labute approximate surface area is 164 Å². The molecule has 0 aliphatic carbocycles. The van der Waals surface area contributed by atoms with Crippen LogP contribution in [0.5, 0.6) is 0 Å². The Hall–Kier alpha value is -2.73. The fraction of sp³-hybridized carbons (Fsp3) is 0.353. The fourth-order valence-corrected chi connectivity index (χ4v) is 4.17. The molecule has 8 nitrogen and oxygen atoms in total. The Kier molecular flexibility index (Phi) is 6.03. The molecule has 0 bridgehead atoms. The van der Waals surface area contributed by atoms with E-state index in [-0.39, 0.29) is 32.4 Å². The van der Waals surface area contributed by atoms with Crippen molar-refractivity contribution in [2.24, 2.45) is 5.16 Å². The summed E-state index contributed by atoms with van der Waals surface area (Å²) in [5.41, 5.74) is -0.164. The number of hydrogen-bond donors (Lipinski definition) is 0. The highest BCUT2D eigenvalue weighted by atomic mass is 32.2. The van der Waals surface area contributed by atoms with Crippen LogP contribution in [0.4, 0.5) is 13.2 Å². The van der Waals surface area contributed by atoms with Crippen LogP contribution in [0.2, 0.25) is 0 Å². The molecule has 1 saturated heterocycles. The van der Waals surface area contributed by atoms with Crippen LogP contribution in [-0.4, -0.2) is 42.7 Å². The minimum Gasteiger partial charge on any atom is -0.364 e. The van der Waals surface area contributed by atoms with E-state index in [9.17, 15) is 26.4 Å². The SMILES string of the molecule is O=C(Cc1ccon1)ON=C1CCN(S(=O)(=O)c2cccc(C(F)(F)F)c2)CC1. The number of hydrogen-bond acceptors (Lipinski definition) is 7. The zero-order chi connectivity index (χ0) is 21.1. The number of benzene rings is 1. The molecule has 1 aliphatic rings. The van der Waals surface area contributed by atoms with Crippen LogP contribution in [0.15, 0.2) is 51.2 Å². The van der Waals surface area contributed by atoms with E-state index >= 15 is 0 Å². The Bertz CT molecular complexity index is 994. The van der Waals surface area contributed by atoms with Gasteiger partial charge in [-0.05, 0) is 18.2 Å².